The lowest BCUT2D eigenvalue weighted by Gasteiger charge is -2.11. The molecule has 1 rings (SSSR count). The first-order valence-corrected chi connectivity index (χ1v) is 4.70. The van der Waals surface area contributed by atoms with Crippen LogP contribution in [0, 0.1) is 0 Å². The lowest BCUT2D eigenvalue weighted by Crippen LogP contribution is -2.16. The fraction of sp³-hybridized carbons (Fsp3) is 0.750. The van der Waals surface area contributed by atoms with Crippen LogP contribution >= 0.6 is 12.6 Å². The van der Waals surface area contributed by atoms with Crippen molar-refractivity contribution in [3.05, 3.63) is 0 Å². The van der Waals surface area contributed by atoms with E-state index >= 15 is 0 Å². The summed E-state index contributed by atoms with van der Waals surface area (Å²) < 4.78 is 5.06. The van der Waals surface area contributed by atoms with E-state index < -0.39 is 0 Å². The minimum Gasteiger partial charge on any atom is -0.484 e. The molecule has 0 spiro atoms. The first-order chi connectivity index (χ1) is 5.86. The van der Waals surface area contributed by atoms with Gasteiger partial charge in [0.1, 0.15) is 0 Å². The molecule has 0 radical (unpaired) electrons. The third-order valence-electron chi connectivity index (χ3n) is 1.74. The number of thiol groups is 1. The lowest BCUT2D eigenvalue weighted by atomic mass is 10.2. The van der Waals surface area contributed by atoms with Crippen LogP contribution in [0.1, 0.15) is 12.8 Å². The zero-order valence-corrected chi connectivity index (χ0v) is 8.18. The number of rotatable bonds is 4. The van der Waals surface area contributed by atoms with E-state index in [0.717, 1.165) is 31.0 Å². The lowest BCUT2D eigenvalue weighted by molar-refractivity contribution is 0.391. The molecule has 12 heavy (non-hydrogen) atoms. The average molecular weight is 186 g/mol. The van der Waals surface area contributed by atoms with Crippen molar-refractivity contribution in [3.8, 4) is 0 Å². The zero-order valence-electron chi connectivity index (χ0n) is 7.29. The van der Waals surface area contributed by atoms with E-state index in [-0.39, 0.29) is 0 Å². The summed E-state index contributed by atoms with van der Waals surface area (Å²) >= 11 is 4.10. The van der Waals surface area contributed by atoms with Crippen LogP contribution in [0.25, 0.3) is 0 Å². The Hall–Kier alpha value is -0.510. The fourth-order valence-corrected chi connectivity index (χ4v) is 1.11. The first-order valence-electron chi connectivity index (χ1n) is 4.07. The maximum atomic E-state index is 5.06. The molecule has 1 aliphatic rings. The Balaban J connectivity index is 2.30. The summed E-state index contributed by atoms with van der Waals surface area (Å²) in [4.78, 5) is 8.44. The van der Waals surface area contributed by atoms with Gasteiger partial charge in [-0.3, -0.25) is 4.99 Å². The summed E-state index contributed by atoms with van der Waals surface area (Å²) in [5.41, 5.74) is 1.18. The van der Waals surface area contributed by atoms with Crippen LogP contribution in [0.4, 0.5) is 0 Å². The van der Waals surface area contributed by atoms with Crippen molar-refractivity contribution in [3.63, 3.8) is 0 Å². The van der Waals surface area contributed by atoms with Crippen molar-refractivity contribution in [2.24, 2.45) is 9.98 Å². The molecule has 4 heteroatoms. The topological polar surface area (TPSA) is 34.0 Å². The predicted octanol–water partition coefficient (Wildman–Crippen LogP) is 1.20. The molecule has 3 nitrogen and oxygen atoms in total. The Kier molecular flexibility index (Phi) is 4.14. The highest BCUT2D eigenvalue weighted by Gasteiger charge is 2.06. The second-order valence-electron chi connectivity index (χ2n) is 2.59. The molecule has 0 aromatic rings. The highest BCUT2D eigenvalue weighted by Crippen LogP contribution is 2.01. The first kappa shape index (κ1) is 9.58. The van der Waals surface area contributed by atoms with Gasteiger partial charge in [0.05, 0.1) is 13.7 Å². The van der Waals surface area contributed by atoms with Crippen molar-refractivity contribution in [1.82, 2.24) is 0 Å². The molecule has 0 amide bonds. The Bertz CT molecular complexity index is 201. The second kappa shape index (κ2) is 5.19. The van der Waals surface area contributed by atoms with E-state index in [9.17, 15) is 0 Å². The van der Waals surface area contributed by atoms with Crippen molar-refractivity contribution in [2.45, 2.75) is 12.8 Å². The van der Waals surface area contributed by atoms with Gasteiger partial charge in [0.2, 0.25) is 0 Å². The number of aliphatic imine (C=N–C) groups is 2. The van der Waals surface area contributed by atoms with Gasteiger partial charge in [-0.2, -0.15) is 12.6 Å². The standard InChI is InChI=1S/C8H14N2OS/c1-11-8(3-5-12)10-6-7-2-4-9-7/h12H,2-6H2,1H3/b10-8-. The molecule has 0 aliphatic carbocycles. The summed E-state index contributed by atoms with van der Waals surface area (Å²) in [6.45, 7) is 1.68. The van der Waals surface area contributed by atoms with E-state index in [0.29, 0.717) is 6.54 Å². The summed E-state index contributed by atoms with van der Waals surface area (Å²) in [5, 5.41) is 0. The van der Waals surface area contributed by atoms with Crippen LogP contribution in [-0.2, 0) is 4.74 Å². The van der Waals surface area contributed by atoms with E-state index in [2.05, 4.69) is 22.6 Å². The number of hydrogen-bond donors (Lipinski definition) is 1. The molecule has 0 unspecified atom stereocenters. The van der Waals surface area contributed by atoms with Crippen LogP contribution in [0.2, 0.25) is 0 Å². The van der Waals surface area contributed by atoms with Gasteiger partial charge in [0.15, 0.2) is 5.90 Å². The maximum absolute atomic E-state index is 5.06. The highest BCUT2D eigenvalue weighted by molar-refractivity contribution is 7.80. The number of ether oxygens (including phenoxy) is 1. The van der Waals surface area contributed by atoms with Gasteiger partial charge in [0, 0.05) is 25.1 Å². The monoisotopic (exact) mass is 186 g/mol. The van der Waals surface area contributed by atoms with E-state index in [1.165, 1.54) is 5.71 Å². The number of nitrogens with zero attached hydrogens (tertiary/aromatic N) is 2. The van der Waals surface area contributed by atoms with Crippen molar-refractivity contribution in [1.29, 1.82) is 0 Å². The van der Waals surface area contributed by atoms with Crippen LogP contribution in [0.5, 0.6) is 0 Å². The van der Waals surface area contributed by atoms with Gasteiger partial charge in [-0.1, -0.05) is 0 Å². The van der Waals surface area contributed by atoms with Crippen LogP contribution in [0.3, 0.4) is 0 Å². The minimum absolute atomic E-state index is 0.705. The largest absolute Gasteiger partial charge is 0.484 e. The molecule has 0 aromatic heterocycles. The molecule has 0 aromatic carbocycles. The summed E-state index contributed by atoms with van der Waals surface area (Å²) in [6, 6.07) is 0. The van der Waals surface area contributed by atoms with Gasteiger partial charge in [0.25, 0.3) is 0 Å². The predicted molar refractivity (Wildman–Crippen MR) is 54.7 cm³/mol. The molecule has 0 atom stereocenters. The van der Waals surface area contributed by atoms with E-state index in [1.54, 1.807) is 7.11 Å². The van der Waals surface area contributed by atoms with Gasteiger partial charge >= 0.3 is 0 Å². The molecule has 0 fully saturated rings. The Morgan fingerprint density at radius 1 is 1.75 bits per heavy atom. The highest BCUT2D eigenvalue weighted by atomic mass is 32.1. The van der Waals surface area contributed by atoms with Gasteiger partial charge in [-0.25, -0.2) is 4.99 Å². The molecule has 0 saturated heterocycles. The summed E-state index contributed by atoms with van der Waals surface area (Å²) in [6.07, 6.45) is 1.90. The third kappa shape index (κ3) is 2.85. The molecular weight excluding hydrogens is 172 g/mol. The van der Waals surface area contributed by atoms with Crippen LogP contribution in [-0.4, -0.2) is 37.6 Å². The van der Waals surface area contributed by atoms with Gasteiger partial charge in [-0.05, 0) is 5.75 Å². The Morgan fingerprint density at radius 3 is 2.92 bits per heavy atom. The van der Waals surface area contributed by atoms with Crippen molar-refractivity contribution in [2.75, 3.05) is 26.0 Å². The molecule has 0 N–H and O–H groups in total. The van der Waals surface area contributed by atoms with Crippen LogP contribution < -0.4 is 0 Å². The fourth-order valence-electron chi connectivity index (χ4n) is 0.920. The average Bonchev–Trinajstić information content (AvgIpc) is 2.00. The maximum Gasteiger partial charge on any atom is 0.184 e. The second-order valence-corrected chi connectivity index (χ2v) is 3.03. The third-order valence-corrected chi connectivity index (χ3v) is 1.96. The summed E-state index contributed by atoms with van der Waals surface area (Å²) in [7, 11) is 1.64. The zero-order chi connectivity index (χ0) is 8.81. The van der Waals surface area contributed by atoms with E-state index in [1.807, 2.05) is 0 Å². The quantitative estimate of drug-likeness (QED) is 0.399. The molecule has 1 heterocycles. The minimum atomic E-state index is 0.705. The molecule has 68 valence electrons. The van der Waals surface area contributed by atoms with E-state index in [4.69, 9.17) is 4.74 Å². The molecule has 0 bridgehead atoms. The number of hydrogen-bond acceptors (Lipinski definition) is 4. The number of methoxy groups -OCH3 is 1. The molecule has 1 aliphatic heterocycles. The normalized spacial score (nSPS) is 16.8. The Morgan fingerprint density at radius 2 is 2.50 bits per heavy atom. The SMILES string of the molecule is CO/C(CCS)=N\CC1=NCC1. The molecular formula is C8H14N2OS. The van der Waals surface area contributed by atoms with Gasteiger partial charge in [-0.15, -0.1) is 0 Å². The van der Waals surface area contributed by atoms with Crippen molar-refractivity contribution >= 4 is 24.2 Å². The van der Waals surface area contributed by atoms with Crippen LogP contribution in [0.15, 0.2) is 9.98 Å². The van der Waals surface area contributed by atoms with Gasteiger partial charge < -0.3 is 4.74 Å². The Labute approximate surface area is 78.3 Å². The molecule has 0 saturated carbocycles. The smallest absolute Gasteiger partial charge is 0.184 e. The summed E-state index contributed by atoms with van der Waals surface area (Å²) in [5.74, 6) is 1.55. The van der Waals surface area contributed by atoms with Crippen molar-refractivity contribution < 1.29 is 4.74 Å².